The number of methoxy groups -OCH3 is 1. The molecule has 1 fully saturated rings. The van der Waals surface area contributed by atoms with Crippen molar-refractivity contribution in [2.24, 2.45) is 0 Å². The molecule has 3 rings (SSSR count). The molecule has 0 N–H and O–H groups in total. The minimum atomic E-state index is -0.139. The summed E-state index contributed by atoms with van der Waals surface area (Å²) >= 11 is 1.72. The molecule has 23 heavy (non-hydrogen) atoms. The van der Waals surface area contributed by atoms with Crippen molar-refractivity contribution in [3.05, 3.63) is 22.8 Å². The molecule has 0 aliphatic carbocycles. The van der Waals surface area contributed by atoms with Crippen LogP contribution >= 0.6 is 11.3 Å². The van der Waals surface area contributed by atoms with Crippen molar-refractivity contribution >= 4 is 16.5 Å². The number of aryl methyl sites for hydroxylation is 1. The Balaban J connectivity index is 1.57. The molecule has 8 heteroatoms. The number of nitrogens with zero attached hydrogens (tertiary/aromatic N) is 5. The molecule has 1 saturated heterocycles. The van der Waals surface area contributed by atoms with Crippen LogP contribution in [0.5, 0.6) is 0 Å². The molecule has 2 aromatic rings. The zero-order valence-corrected chi connectivity index (χ0v) is 14.7. The fourth-order valence-corrected chi connectivity index (χ4v) is 3.46. The van der Waals surface area contributed by atoms with E-state index >= 15 is 0 Å². The normalized spacial score (nSPS) is 18.1. The summed E-state index contributed by atoms with van der Waals surface area (Å²) in [5, 5.41) is 7.21. The standard InChI is InChI=1S/C15H23N5O2S/c1-11-10-23-15(16-11)20-6-4-5-19(7-8-20)9-13-17-14(18-22-13)12(2)21-3/h10,12H,4-9H2,1-3H3/t12-/m1/s1. The molecule has 0 radical (unpaired) electrons. The van der Waals surface area contributed by atoms with Gasteiger partial charge in [-0.3, -0.25) is 4.90 Å². The van der Waals surface area contributed by atoms with Crippen molar-refractivity contribution in [3.63, 3.8) is 0 Å². The molecule has 0 spiro atoms. The first-order valence-corrected chi connectivity index (χ1v) is 8.78. The van der Waals surface area contributed by atoms with Crippen LogP contribution in [0.25, 0.3) is 0 Å². The highest BCUT2D eigenvalue weighted by Gasteiger charge is 2.20. The first-order valence-electron chi connectivity index (χ1n) is 7.90. The number of rotatable bonds is 5. The topological polar surface area (TPSA) is 67.5 Å². The highest BCUT2D eigenvalue weighted by Crippen LogP contribution is 2.22. The third-order valence-electron chi connectivity index (χ3n) is 4.03. The lowest BCUT2D eigenvalue weighted by molar-refractivity contribution is 0.109. The molecule has 0 bridgehead atoms. The Morgan fingerprint density at radius 3 is 2.91 bits per heavy atom. The summed E-state index contributed by atoms with van der Waals surface area (Å²) < 4.78 is 10.6. The van der Waals surface area contributed by atoms with Crippen LogP contribution in [0.2, 0.25) is 0 Å². The molecule has 0 aromatic carbocycles. The van der Waals surface area contributed by atoms with Crippen molar-refractivity contribution in [2.45, 2.75) is 32.9 Å². The quantitative estimate of drug-likeness (QED) is 0.829. The van der Waals surface area contributed by atoms with Gasteiger partial charge < -0.3 is 14.2 Å². The van der Waals surface area contributed by atoms with Crippen molar-refractivity contribution in [1.82, 2.24) is 20.0 Å². The van der Waals surface area contributed by atoms with Crippen LogP contribution in [0, 0.1) is 6.92 Å². The van der Waals surface area contributed by atoms with Crippen LogP contribution < -0.4 is 4.90 Å². The van der Waals surface area contributed by atoms with Gasteiger partial charge in [-0.2, -0.15) is 4.98 Å². The summed E-state index contributed by atoms with van der Waals surface area (Å²) in [6, 6.07) is 0. The predicted octanol–water partition coefficient (Wildman–Crippen LogP) is 2.25. The number of thiazole rings is 1. The molecular weight excluding hydrogens is 314 g/mol. The van der Waals surface area contributed by atoms with Crippen molar-refractivity contribution in [2.75, 3.05) is 38.2 Å². The van der Waals surface area contributed by atoms with Gasteiger partial charge in [-0.05, 0) is 20.3 Å². The Hall–Kier alpha value is -1.51. The van der Waals surface area contributed by atoms with E-state index in [2.05, 4.69) is 30.3 Å². The summed E-state index contributed by atoms with van der Waals surface area (Å²) in [7, 11) is 1.64. The second kappa shape index (κ2) is 7.37. The zero-order chi connectivity index (χ0) is 16.2. The molecule has 1 aliphatic heterocycles. The lowest BCUT2D eigenvalue weighted by Gasteiger charge is -2.20. The van der Waals surface area contributed by atoms with Crippen LogP contribution in [-0.4, -0.2) is 53.3 Å². The SMILES string of the molecule is CO[C@H](C)c1noc(CN2CCCN(c3nc(C)cs3)CC2)n1. The van der Waals surface area contributed by atoms with Crippen LogP contribution in [0.3, 0.4) is 0 Å². The number of aromatic nitrogens is 3. The van der Waals surface area contributed by atoms with Crippen LogP contribution in [0.15, 0.2) is 9.90 Å². The molecule has 3 heterocycles. The van der Waals surface area contributed by atoms with E-state index in [1.165, 1.54) is 0 Å². The van der Waals surface area contributed by atoms with Gasteiger partial charge in [0.25, 0.3) is 0 Å². The fraction of sp³-hybridized carbons (Fsp3) is 0.667. The van der Waals surface area contributed by atoms with Gasteiger partial charge in [0.05, 0.1) is 12.2 Å². The largest absolute Gasteiger partial charge is 0.374 e. The summed E-state index contributed by atoms with van der Waals surface area (Å²) in [6.07, 6.45) is 0.967. The molecule has 1 aliphatic rings. The Kier molecular flexibility index (Phi) is 5.24. The average Bonchev–Trinajstić information content (AvgIpc) is 3.12. The minimum absolute atomic E-state index is 0.139. The Labute approximate surface area is 140 Å². The molecule has 126 valence electrons. The number of hydrogen-bond donors (Lipinski definition) is 0. The summed E-state index contributed by atoms with van der Waals surface area (Å²) in [5.74, 6) is 1.26. The predicted molar refractivity (Wildman–Crippen MR) is 88.7 cm³/mol. The molecular formula is C15H23N5O2S. The highest BCUT2D eigenvalue weighted by atomic mass is 32.1. The maximum Gasteiger partial charge on any atom is 0.240 e. The number of ether oxygens (including phenoxy) is 1. The Morgan fingerprint density at radius 1 is 1.30 bits per heavy atom. The van der Waals surface area contributed by atoms with Gasteiger partial charge in [-0.1, -0.05) is 5.16 Å². The van der Waals surface area contributed by atoms with E-state index in [1.807, 2.05) is 13.8 Å². The summed E-state index contributed by atoms with van der Waals surface area (Å²) in [6.45, 7) is 8.65. The molecule has 0 saturated carbocycles. The number of hydrogen-bond acceptors (Lipinski definition) is 8. The summed E-state index contributed by atoms with van der Waals surface area (Å²) in [4.78, 5) is 13.7. The third kappa shape index (κ3) is 4.07. The molecule has 7 nitrogen and oxygen atoms in total. The van der Waals surface area contributed by atoms with E-state index in [4.69, 9.17) is 9.26 Å². The second-order valence-electron chi connectivity index (χ2n) is 5.81. The van der Waals surface area contributed by atoms with Gasteiger partial charge in [-0.25, -0.2) is 4.98 Å². The van der Waals surface area contributed by atoms with Gasteiger partial charge in [0.2, 0.25) is 5.89 Å². The van der Waals surface area contributed by atoms with Gasteiger partial charge in [0.1, 0.15) is 6.10 Å². The van der Waals surface area contributed by atoms with E-state index in [9.17, 15) is 0 Å². The second-order valence-corrected chi connectivity index (χ2v) is 6.65. The van der Waals surface area contributed by atoms with Gasteiger partial charge >= 0.3 is 0 Å². The maximum atomic E-state index is 5.34. The number of anilines is 1. The zero-order valence-electron chi connectivity index (χ0n) is 13.9. The molecule has 1 atom stereocenters. The van der Waals surface area contributed by atoms with E-state index in [1.54, 1.807) is 18.4 Å². The minimum Gasteiger partial charge on any atom is -0.374 e. The van der Waals surface area contributed by atoms with E-state index in [-0.39, 0.29) is 6.10 Å². The fourth-order valence-electron chi connectivity index (χ4n) is 2.60. The van der Waals surface area contributed by atoms with Gasteiger partial charge in [-0.15, -0.1) is 11.3 Å². The van der Waals surface area contributed by atoms with Crippen LogP contribution in [0.1, 0.15) is 36.9 Å². The first kappa shape index (κ1) is 16.4. The Bertz CT molecular complexity index is 629. The van der Waals surface area contributed by atoms with E-state index in [0.29, 0.717) is 18.3 Å². The van der Waals surface area contributed by atoms with Gasteiger partial charge in [0.15, 0.2) is 11.0 Å². The van der Waals surface area contributed by atoms with E-state index in [0.717, 1.165) is 43.4 Å². The smallest absolute Gasteiger partial charge is 0.240 e. The van der Waals surface area contributed by atoms with Crippen molar-refractivity contribution < 1.29 is 9.26 Å². The van der Waals surface area contributed by atoms with E-state index < -0.39 is 0 Å². The van der Waals surface area contributed by atoms with Crippen LogP contribution in [-0.2, 0) is 11.3 Å². The maximum absolute atomic E-state index is 5.34. The van der Waals surface area contributed by atoms with Crippen molar-refractivity contribution in [1.29, 1.82) is 0 Å². The van der Waals surface area contributed by atoms with Crippen molar-refractivity contribution in [3.8, 4) is 0 Å². The first-order chi connectivity index (χ1) is 11.2. The lowest BCUT2D eigenvalue weighted by atomic mass is 10.4. The molecule has 0 unspecified atom stereocenters. The third-order valence-corrected chi connectivity index (χ3v) is 5.05. The average molecular weight is 337 g/mol. The Morgan fingerprint density at radius 2 is 2.17 bits per heavy atom. The highest BCUT2D eigenvalue weighted by molar-refractivity contribution is 7.13. The lowest BCUT2D eigenvalue weighted by Crippen LogP contribution is -2.30. The molecule has 2 aromatic heterocycles. The molecule has 0 amide bonds. The van der Waals surface area contributed by atoms with Gasteiger partial charge in [0, 0.05) is 38.7 Å². The van der Waals surface area contributed by atoms with Crippen LogP contribution in [0.4, 0.5) is 5.13 Å². The monoisotopic (exact) mass is 337 g/mol. The summed E-state index contributed by atoms with van der Waals surface area (Å²) in [5.41, 5.74) is 1.09.